The normalized spacial score (nSPS) is 13.8. The van der Waals surface area contributed by atoms with E-state index < -0.39 is 0 Å². The van der Waals surface area contributed by atoms with Gasteiger partial charge in [0.1, 0.15) is 5.75 Å². The molecule has 1 aromatic rings. The summed E-state index contributed by atoms with van der Waals surface area (Å²) >= 11 is 0. The Morgan fingerprint density at radius 3 is 2.72 bits per heavy atom. The first kappa shape index (κ1) is 12.6. The Balaban J connectivity index is 2.11. The van der Waals surface area contributed by atoms with Gasteiger partial charge >= 0.3 is 0 Å². The van der Waals surface area contributed by atoms with E-state index in [0.717, 1.165) is 24.4 Å². The molecule has 2 N–H and O–H groups in total. The number of para-hydroxylation sites is 2. The highest BCUT2D eigenvalue weighted by Gasteiger charge is 2.16. The fraction of sp³-hybridized carbons (Fsp3) is 0.357. The smallest absolute Gasteiger partial charge is 0.251 e. The molecule has 0 saturated carbocycles. The minimum atomic E-state index is -0.0568. The Morgan fingerprint density at radius 1 is 1.39 bits per heavy atom. The third kappa shape index (κ3) is 2.71. The number of rotatable bonds is 4. The first-order valence-corrected chi connectivity index (χ1v) is 6.15. The minimum Gasteiger partial charge on any atom is -0.492 e. The zero-order valence-corrected chi connectivity index (χ0v) is 10.7. The van der Waals surface area contributed by atoms with E-state index in [1.165, 1.54) is 5.57 Å². The van der Waals surface area contributed by atoms with E-state index in [4.69, 9.17) is 4.74 Å². The van der Waals surface area contributed by atoms with Gasteiger partial charge in [-0.15, -0.1) is 0 Å². The van der Waals surface area contributed by atoms with Gasteiger partial charge in [-0.1, -0.05) is 12.1 Å². The quantitative estimate of drug-likeness (QED) is 0.798. The molecule has 1 heterocycles. The molecule has 0 bridgehead atoms. The van der Waals surface area contributed by atoms with Crippen molar-refractivity contribution >= 4 is 11.6 Å². The van der Waals surface area contributed by atoms with Gasteiger partial charge in [-0.05, 0) is 31.6 Å². The highest BCUT2D eigenvalue weighted by molar-refractivity contribution is 6.04. The van der Waals surface area contributed by atoms with Crippen molar-refractivity contribution in [3.05, 3.63) is 35.4 Å². The number of benzene rings is 1. The lowest BCUT2D eigenvalue weighted by Crippen LogP contribution is -2.36. The molecule has 4 nitrogen and oxygen atoms in total. The van der Waals surface area contributed by atoms with Gasteiger partial charge in [0.25, 0.3) is 5.91 Å². The van der Waals surface area contributed by atoms with Crippen molar-refractivity contribution in [3.63, 3.8) is 0 Å². The second-order valence-electron chi connectivity index (χ2n) is 4.22. The van der Waals surface area contributed by atoms with E-state index in [-0.39, 0.29) is 5.91 Å². The van der Waals surface area contributed by atoms with Crippen molar-refractivity contribution in [3.8, 4) is 5.75 Å². The molecule has 1 aliphatic rings. The summed E-state index contributed by atoms with van der Waals surface area (Å²) in [5, 5.41) is 6.02. The number of hydrogen-bond donors (Lipinski definition) is 2. The molecule has 1 aliphatic heterocycles. The van der Waals surface area contributed by atoms with Crippen LogP contribution in [0.25, 0.3) is 0 Å². The summed E-state index contributed by atoms with van der Waals surface area (Å²) in [5.74, 6) is 0.650. The van der Waals surface area contributed by atoms with E-state index in [0.29, 0.717) is 12.4 Å². The van der Waals surface area contributed by atoms with E-state index in [2.05, 4.69) is 10.6 Å². The topological polar surface area (TPSA) is 50.4 Å². The predicted octanol–water partition coefficient (Wildman–Crippen LogP) is 1.94. The number of anilines is 1. The largest absolute Gasteiger partial charge is 0.492 e. The molecule has 0 atom stereocenters. The lowest BCUT2D eigenvalue weighted by Gasteiger charge is -2.21. The second-order valence-corrected chi connectivity index (χ2v) is 4.22. The van der Waals surface area contributed by atoms with Gasteiger partial charge in [0.15, 0.2) is 0 Å². The second kappa shape index (κ2) is 5.69. The molecule has 0 aromatic heterocycles. The third-order valence-corrected chi connectivity index (χ3v) is 2.98. The van der Waals surface area contributed by atoms with Crippen LogP contribution in [0.1, 0.15) is 13.8 Å². The highest BCUT2D eigenvalue weighted by Crippen LogP contribution is 2.24. The van der Waals surface area contributed by atoms with Gasteiger partial charge < -0.3 is 15.4 Å². The molecule has 1 saturated heterocycles. The molecule has 96 valence electrons. The van der Waals surface area contributed by atoms with Gasteiger partial charge in [0, 0.05) is 18.7 Å². The van der Waals surface area contributed by atoms with E-state index in [1.807, 2.05) is 38.1 Å². The third-order valence-electron chi connectivity index (χ3n) is 2.98. The van der Waals surface area contributed by atoms with E-state index in [9.17, 15) is 4.79 Å². The van der Waals surface area contributed by atoms with Crippen molar-refractivity contribution in [1.29, 1.82) is 0 Å². The predicted molar refractivity (Wildman–Crippen MR) is 71.8 cm³/mol. The lowest BCUT2D eigenvalue weighted by molar-refractivity contribution is -0.112. The molecular weight excluding hydrogens is 228 g/mol. The summed E-state index contributed by atoms with van der Waals surface area (Å²) in [6.07, 6.45) is 0. The number of carbonyl (C=O) groups is 1. The SMILES string of the molecule is CCOc1ccccc1NC(=O)C(C)=C1CNC1. The summed E-state index contributed by atoms with van der Waals surface area (Å²) < 4.78 is 5.48. The van der Waals surface area contributed by atoms with Crippen LogP contribution in [0.3, 0.4) is 0 Å². The summed E-state index contributed by atoms with van der Waals surface area (Å²) in [6, 6.07) is 7.47. The van der Waals surface area contributed by atoms with E-state index in [1.54, 1.807) is 0 Å². The number of nitrogens with one attached hydrogen (secondary N) is 2. The van der Waals surface area contributed by atoms with Crippen molar-refractivity contribution in [2.75, 3.05) is 25.0 Å². The average Bonchev–Trinajstić information content (AvgIpc) is 2.29. The Bertz CT molecular complexity index is 474. The zero-order chi connectivity index (χ0) is 13.0. The summed E-state index contributed by atoms with van der Waals surface area (Å²) in [6.45, 7) is 5.98. The lowest BCUT2D eigenvalue weighted by atomic mass is 10.0. The molecule has 2 rings (SSSR count). The van der Waals surface area contributed by atoms with Crippen LogP contribution in [0.5, 0.6) is 5.75 Å². The minimum absolute atomic E-state index is 0.0568. The molecule has 1 fully saturated rings. The van der Waals surface area contributed by atoms with Crippen molar-refractivity contribution in [1.82, 2.24) is 5.32 Å². The van der Waals surface area contributed by atoms with Crippen molar-refractivity contribution in [2.45, 2.75) is 13.8 Å². The number of hydrogen-bond acceptors (Lipinski definition) is 3. The Hall–Kier alpha value is -1.81. The Kier molecular flexibility index (Phi) is 3.99. The van der Waals surface area contributed by atoms with Crippen LogP contribution < -0.4 is 15.4 Å². The fourth-order valence-electron chi connectivity index (χ4n) is 1.74. The zero-order valence-electron chi connectivity index (χ0n) is 10.7. The molecule has 0 unspecified atom stereocenters. The maximum absolute atomic E-state index is 12.1. The fourth-order valence-corrected chi connectivity index (χ4v) is 1.74. The molecule has 0 radical (unpaired) electrons. The standard InChI is InChI=1S/C14H18N2O2/c1-3-18-13-7-5-4-6-12(13)16-14(17)10(2)11-8-15-9-11/h4-7,15H,3,8-9H2,1-2H3,(H,16,17). The van der Waals surface area contributed by atoms with Gasteiger partial charge in [0.2, 0.25) is 0 Å². The Morgan fingerprint density at radius 2 is 2.11 bits per heavy atom. The molecule has 1 amide bonds. The first-order valence-electron chi connectivity index (χ1n) is 6.15. The van der Waals surface area contributed by atoms with Crippen LogP contribution in [0.4, 0.5) is 5.69 Å². The van der Waals surface area contributed by atoms with Crippen LogP contribution in [0.15, 0.2) is 35.4 Å². The van der Waals surface area contributed by atoms with Crippen LogP contribution in [0, 0.1) is 0 Å². The molecule has 4 heteroatoms. The summed E-state index contributed by atoms with van der Waals surface area (Å²) in [7, 11) is 0. The van der Waals surface area contributed by atoms with Gasteiger partial charge in [-0.2, -0.15) is 0 Å². The maximum Gasteiger partial charge on any atom is 0.251 e. The number of carbonyl (C=O) groups excluding carboxylic acids is 1. The molecule has 1 aromatic carbocycles. The number of amides is 1. The summed E-state index contributed by atoms with van der Waals surface area (Å²) in [4.78, 5) is 12.1. The van der Waals surface area contributed by atoms with Crippen LogP contribution in [-0.4, -0.2) is 25.6 Å². The molecule has 0 spiro atoms. The Labute approximate surface area is 107 Å². The number of ether oxygens (including phenoxy) is 1. The van der Waals surface area contributed by atoms with Crippen molar-refractivity contribution in [2.24, 2.45) is 0 Å². The van der Waals surface area contributed by atoms with Crippen LogP contribution >= 0.6 is 0 Å². The van der Waals surface area contributed by atoms with Gasteiger partial charge in [-0.3, -0.25) is 4.79 Å². The maximum atomic E-state index is 12.1. The summed E-state index contributed by atoms with van der Waals surface area (Å²) in [5.41, 5.74) is 2.68. The van der Waals surface area contributed by atoms with Crippen LogP contribution in [0.2, 0.25) is 0 Å². The van der Waals surface area contributed by atoms with Crippen LogP contribution in [-0.2, 0) is 4.79 Å². The van der Waals surface area contributed by atoms with Crippen molar-refractivity contribution < 1.29 is 9.53 Å². The first-order chi connectivity index (χ1) is 8.72. The average molecular weight is 246 g/mol. The highest BCUT2D eigenvalue weighted by atomic mass is 16.5. The molecular formula is C14H18N2O2. The van der Waals surface area contributed by atoms with E-state index >= 15 is 0 Å². The van der Waals surface area contributed by atoms with Gasteiger partial charge in [-0.25, -0.2) is 0 Å². The van der Waals surface area contributed by atoms with Gasteiger partial charge in [0.05, 0.1) is 12.3 Å². The monoisotopic (exact) mass is 246 g/mol. The molecule has 18 heavy (non-hydrogen) atoms. The molecule has 0 aliphatic carbocycles.